The van der Waals surface area contributed by atoms with E-state index < -0.39 is 0 Å². The van der Waals surface area contributed by atoms with E-state index in [1.807, 2.05) is 30.1 Å². The van der Waals surface area contributed by atoms with Crippen molar-refractivity contribution in [2.75, 3.05) is 0 Å². The fraction of sp³-hybridized carbons (Fsp3) is 0.214. The van der Waals surface area contributed by atoms with Crippen molar-refractivity contribution in [3.8, 4) is 0 Å². The topological polar surface area (TPSA) is 29.9 Å². The zero-order valence-corrected chi connectivity index (χ0v) is 13.3. The van der Waals surface area contributed by atoms with E-state index in [9.17, 15) is 0 Å². The molecule has 20 heavy (non-hydrogen) atoms. The highest BCUT2D eigenvalue weighted by Crippen LogP contribution is 2.33. The van der Waals surface area contributed by atoms with E-state index in [0.717, 1.165) is 16.6 Å². The van der Waals surface area contributed by atoms with Crippen LogP contribution in [0.5, 0.6) is 0 Å². The second-order valence-corrected chi connectivity index (χ2v) is 7.18. The Morgan fingerprint density at radius 2 is 2.20 bits per heavy atom. The predicted octanol–water partition coefficient (Wildman–Crippen LogP) is 4.08. The van der Waals surface area contributed by atoms with Crippen molar-refractivity contribution in [3.63, 3.8) is 0 Å². The van der Waals surface area contributed by atoms with Gasteiger partial charge in [0.25, 0.3) is 0 Å². The summed E-state index contributed by atoms with van der Waals surface area (Å²) >= 11 is 9.43. The summed E-state index contributed by atoms with van der Waals surface area (Å²) in [5.74, 6) is 0. The molecule has 3 rings (SSSR count). The molecule has 0 radical (unpaired) electrons. The number of halogens is 1. The van der Waals surface area contributed by atoms with Gasteiger partial charge in [0.15, 0.2) is 0 Å². The molecule has 3 heterocycles. The molecule has 1 N–H and O–H groups in total. The van der Waals surface area contributed by atoms with E-state index in [4.69, 9.17) is 11.6 Å². The van der Waals surface area contributed by atoms with Crippen LogP contribution in [-0.4, -0.2) is 9.78 Å². The number of hydrogen-bond donors (Lipinski definition) is 1. The maximum atomic E-state index is 6.06. The number of nitrogens with zero attached hydrogens (tertiary/aromatic N) is 2. The van der Waals surface area contributed by atoms with E-state index in [0.29, 0.717) is 0 Å². The smallest absolute Gasteiger partial charge is 0.0931 e. The van der Waals surface area contributed by atoms with Gasteiger partial charge in [0.2, 0.25) is 0 Å². The molecule has 6 heteroatoms. The molecule has 0 bridgehead atoms. The average molecular weight is 324 g/mol. The van der Waals surface area contributed by atoms with E-state index in [2.05, 4.69) is 34.0 Å². The highest BCUT2D eigenvalue weighted by molar-refractivity contribution is 7.16. The van der Waals surface area contributed by atoms with E-state index in [1.165, 1.54) is 9.75 Å². The van der Waals surface area contributed by atoms with Crippen molar-refractivity contribution in [2.24, 2.45) is 7.05 Å². The van der Waals surface area contributed by atoms with Gasteiger partial charge in [-0.2, -0.15) is 5.10 Å². The molecule has 104 valence electrons. The third kappa shape index (κ3) is 3.12. The van der Waals surface area contributed by atoms with Gasteiger partial charge >= 0.3 is 0 Å². The summed E-state index contributed by atoms with van der Waals surface area (Å²) in [6.45, 7) is 0.735. The van der Waals surface area contributed by atoms with Gasteiger partial charge in [-0.1, -0.05) is 17.7 Å². The maximum absolute atomic E-state index is 6.06. The van der Waals surface area contributed by atoms with E-state index in [-0.39, 0.29) is 6.04 Å². The summed E-state index contributed by atoms with van der Waals surface area (Å²) < 4.78 is 2.64. The third-order valence-corrected chi connectivity index (χ3v) is 5.20. The van der Waals surface area contributed by atoms with Crippen LogP contribution >= 0.6 is 34.3 Å². The number of thiophene rings is 2. The maximum Gasteiger partial charge on any atom is 0.0931 e. The minimum absolute atomic E-state index is 0.175. The number of aryl methyl sites for hydroxylation is 1. The summed E-state index contributed by atoms with van der Waals surface area (Å²) in [5, 5.41) is 10.1. The molecule has 0 saturated heterocycles. The predicted molar refractivity (Wildman–Crippen MR) is 85.5 cm³/mol. The zero-order valence-electron chi connectivity index (χ0n) is 10.9. The first-order valence-corrected chi connectivity index (χ1v) is 8.30. The molecule has 3 nitrogen and oxygen atoms in total. The molecule has 0 fully saturated rings. The second-order valence-electron chi connectivity index (χ2n) is 4.45. The summed E-state index contributed by atoms with van der Waals surface area (Å²) in [5.41, 5.74) is 1.04. The number of rotatable bonds is 5. The molecule has 0 aliphatic carbocycles. The van der Waals surface area contributed by atoms with E-state index >= 15 is 0 Å². The molecule has 0 aliphatic rings. The Kier molecular flexibility index (Phi) is 4.21. The highest BCUT2D eigenvalue weighted by Gasteiger charge is 2.17. The van der Waals surface area contributed by atoms with Crippen LogP contribution in [0.15, 0.2) is 41.9 Å². The van der Waals surface area contributed by atoms with Gasteiger partial charge < -0.3 is 0 Å². The third-order valence-electron chi connectivity index (χ3n) is 2.96. The Morgan fingerprint density at radius 1 is 1.30 bits per heavy atom. The number of nitrogens with one attached hydrogen (secondary N) is 1. The molecule has 1 unspecified atom stereocenters. The fourth-order valence-electron chi connectivity index (χ4n) is 2.04. The van der Waals surface area contributed by atoms with Crippen LogP contribution in [0.4, 0.5) is 0 Å². The zero-order chi connectivity index (χ0) is 13.9. The quantitative estimate of drug-likeness (QED) is 0.767. The lowest BCUT2D eigenvalue weighted by molar-refractivity contribution is 0.602. The Morgan fingerprint density at radius 3 is 2.80 bits per heavy atom. The van der Waals surface area contributed by atoms with Gasteiger partial charge in [-0.3, -0.25) is 10.00 Å². The SMILES string of the molecule is Cn1ccc(CNC(c2cccs2)c2ccc(Cl)s2)n1. The molecular formula is C14H14ClN3S2. The van der Waals surface area contributed by atoms with Crippen LogP contribution in [0.25, 0.3) is 0 Å². The standard InChI is InChI=1S/C14H14ClN3S2/c1-18-7-6-10(17-18)9-16-14(11-3-2-8-19-11)12-4-5-13(15)20-12/h2-8,14,16H,9H2,1H3. The van der Waals surface area contributed by atoms with Crippen LogP contribution in [0.1, 0.15) is 21.5 Å². The highest BCUT2D eigenvalue weighted by atomic mass is 35.5. The van der Waals surface area contributed by atoms with Gasteiger partial charge in [-0.05, 0) is 29.6 Å². The summed E-state index contributed by atoms with van der Waals surface area (Å²) in [6, 6.07) is 10.5. The molecule has 1 atom stereocenters. The molecule has 0 amide bonds. The van der Waals surface area contributed by atoms with Gasteiger partial charge in [0.05, 0.1) is 16.1 Å². The van der Waals surface area contributed by atoms with Crippen molar-refractivity contribution in [1.29, 1.82) is 0 Å². The second kappa shape index (κ2) is 6.10. The van der Waals surface area contributed by atoms with Crippen LogP contribution in [0, 0.1) is 0 Å². The Hall–Kier alpha value is -1.14. The lowest BCUT2D eigenvalue weighted by Gasteiger charge is -2.15. The largest absolute Gasteiger partial charge is 0.299 e. The number of hydrogen-bond acceptors (Lipinski definition) is 4. The molecule has 0 aliphatic heterocycles. The van der Waals surface area contributed by atoms with Crippen molar-refractivity contribution in [2.45, 2.75) is 12.6 Å². The summed E-state index contributed by atoms with van der Waals surface area (Å²) in [4.78, 5) is 2.52. The van der Waals surface area contributed by atoms with Crippen molar-refractivity contribution < 1.29 is 0 Å². The number of aromatic nitrogens is 2. The van der Waals surface area contributed by atoms with Crippen LogP contribution in [-0.2, 0) is 13.6 Å². The average Bonchev–Trinajstić information content (AvgIpc) is 3.13. The van der Waals surface area contributed by atoms with Crippen LogP contribution < -0.4 is 5.32 Å². The lowest BCUT2D eigenvalue weighted by atomic mass is 10.2. The van der Waals surface area contributed by atoms with Gasteiger partial charge in [-0.15, -0.1) is 22.7 Å². The molecule has 3 aromatic heterocycles. The van der Waals surface area contributed by atoms with E-state index in [1.54, 1.807) is 22.7 Å². The first-order valence-electron chi connectivity index (χ1n) is 6.23. The lowest BCUT2D eigenvalue weighted by Crippen LogP contribution is -2.20. The van der Waals surface area contributed by atoms with Crippen molar-refractivity contribution in [1.82, 2.24) is 15.1 Å². The van der Waals surface area contributed by atoms with Crippen molar-refractivity contribution in [3.05, 3.63) is 61.7 Å². The molecule has 0 saturated carbocycles. The molecular weight excluding hydrogens is 310 g/mol. The first kappa shape index (κ1) is 13.8. The summed E-state index contributed by atoms with van der Waals surface area (Å²) in [6.07, 6.45) is 1.96. The Bertz CT molecular complexity index is 672. The van der Waals surface area contributed by atoms with Gasteiger partial charge in [0, 0.05) is 29.5 Å². The van der Waals surface area contributed by atoms with Crippen LogP contribution in [0.3, 0.4) is 0 Å². The minimum atomic E-state index is 0.175. The van der Waals surface area contributed by atoms with Crippen molar-refractivity contribution >= 4 is 34.3 Å². The molecule has 0 aromatic carbocycles. The fourth-order valence-corrected chi connectivity index (χ4v) is 4.09. The van der Waals surface area contributed by atoms with Gasteiger partial charge in [0.1, 0.15) is 0 Å². The minimum Gasteiger partial charge on any atom is -0.299 e. The van der Waals surface area contributed by atoms with Gasteiger partial charge in [-0.25, -0.2) is 0 Å². The summed E-state index contributed by atoms with van der Waals surface area (Å²) in [7, 11) is 1.93. The normalized spacial score (nSPS) is 12.7. The monoisotopic (exact) mass is 323 g/mol. The Labute approximate surface area is 130 Å². The molecule has 0 spiro atoms. The molecule has 3 aromatic rings. The van der Waals surface area contributed by atoms with Crippen LogP contribution in [0.2, 0.25) is 4.34 Å². The Balaban J connectivity index is 1.79. The first-order chi connectivity index (χ1) is 9.72.